The van der Waals surface area contributed by atoms with E-state index < -0.39 is 0 Å². The number of benzene rings is 1. The normalized spacial score (nSPS) is 11.5. The van der Waals surface area contributed by atoms with E-state index in [0.29, 0.717) is 0 Å². The van der Waals surface area contributed by atoms with Gasteiger partial charge < -0.3 is 0 Å². The molecule has 0 atom stereocenters. The van der Waals surface area contributed by atoms with E-state index in [0.717, 1.165) is 21.8 Å². The average molecular weight is 192 g/mol. The number of nitrogens with zero attached hydrogens (tertiary/aromatic N) is 2. The summed E-state index contributed by atoms with van der Waals surface area (Å²) in [7, 11) is 0. The van der Waals surface area contributed by atoms with Gasteiger partial charge in [-0.25, -0.2) is 0 Å². The van der Waals surface area contributed by atoms with E-state index in [1.807, 2.05) is 24.4 Å². The fraction of sp³-hybridized carbons (Fsp3) is 0. The summed E-state index contributed by atoms with van der Waals surface area (Å²) in [6, 6.07) is 5.97. The second-order valence-electron chi connectivity index (χ2n) is 2.94. The topological polar surface area (TPSA) is 33.6 Å². The predicted octanol–water partition coefficient (Wildman–Crippen LogP) is 2.52. The zero-order valence-corrected chi connectivity index (χ0v) is 7.42. The second-order valence-corrected chi connectivity index (χ2v) is 3.27. The van der Waals surface area contributed by atoms with E-state index in [2.05, 4.69) is 10.1 Å². The fourth-order valence-electron chi connectivity index (χ4n) is 1.59. The van der Waals surface area contributed by atoms with Gasteiger partial charge in [0.25, 0.3) is 0 Å². The molecule has 64 valence electrons. The Morgan fingerprint density at radius 1 is 1.31 bits per heavy atom. The molecule has 1 aromatic carbocycles. The highest BCUT2D eigenvalue weighted by atomic mass is 35.5. The first-order valence-electron chi connectivity index (χ1n) is 3.96. The number of halogens is 1. The molecule has 0 saturated heterocycles. The highest BCUT2D eigenvalue weighted by Crippen LogP contribution is 2.23. The molecule has 4 heteroatoms. The van der Waals surface area contributed by atoms with Gasteiger partial charge >= 0.3 is 0 Å². The lowest BCUT2D eigenvalue weighted by Crippen LogP contribution is -1.79. The Morgan fingerprint density at radius 3 is 3.15 bits per heavy atom. The Hall–Kier alpha value is -1.48. The first-order chi connectivity index (χ1) is 6.36. The van der Waals surface area contributed by atoms with E-state index in [1.54, 1.807) is 6.20 Å². The maximum Gasteiger partial charge on any atom is 0.0870 e. The SMILES string of the molecule is Cln1[nH]cc2c3nccc3ccc21. The Morgan fingerprint density at radius 2 is 2.23 bits per heavy atom. The Balaban J connectivity index is 2.66. The molecule has 0 spiro atoms. The molecule has 0 aliphatic heterocycles. The predicted molar refractivity (Wildman–Crippen MR) is 52.8 cm³/mol. The average Bonchev–Trinajstić information content (AvgIpc) is 2.70. The van der Waals surface area contributed by atoms with Crippen molar-refractivity contribution < 1.29 is 0 Å². The summed E-state index contributed by atoms with van der Waals surface area (Å²) in [6.07, 6.45) is 3.66. The molecule has 2 aromatic heterocycles. The molecule has 0 saturated carbocycles. The molecule has 3 nitrogen and oxygen atoms in total. The number of aromatic amines is 1. The number of hydrogen-bond donors (Lipinski definition) is 1. The largest absolute Gasteiger partial charge is 0.290 e. The van der Waals surface area contributed by atoms with Crippen LogP contribution in [-0.4, -0.2) is 14.3 Å². The van der Waals surface area contributed by atoms with Gasteiger partial charge in [0.2, 0.25) is 0 Å². The minimum atomic E-state index is 0.952. The molecular formula is C9H6ClN3. The molecule has 1 N–H and O–H groups in total. The minimum absolute atomic E-state index is 0.952. The van der Waals surface area contributed by atoms with Gasteiger partial charge in [0.15, 0.2) is 0 Å². The number of aromatic nitrogens is 3. The van der Waals surface area contributed by atoms with Crippen LogP contribution in [0.15, 0.2) is 30.6 Å². The van der Waals surface area contributed by atoms with Crippen LogP contribution in [0.2, 0.25) is 0 Å². The van der Waals surface area contributed by atoms with Crippen LogP contribution < -0.4 is 0 Å². The van der Waals surface area contributed by atoms with E-state index in [4.69, 9.17) is 11.8 Å². The summed E-state index contributed by atoms with van der Waals surface area (Å²) in [5.74, 6) is 0. The minimum Gasteiger partial charge on any atom is -0.290 e. The highest BCUT2D eigenvalue weighted by molar-refractivity contribution is 6.19. The lowest BCUT2D eigenvalue weighted by atomic mass is 10.2. The molecule has 0 fully saturated rings. The Labute approximate surface area is 79.0 Å². The van der Waals surface area contributed by atoms with Crippen LogP contribution in [0.5, 0.6) is 0 Å². The van der Waals surface area contributed by atoms with Crippen LogP contribution >= 0.6 is 11.8 Å². The molecule has 3 rings (SSSR count). The maximum atomic E-state index is 5.87. The van der Waals surface area contributed by atoms with E-state index in [1.165, 1.54) is 4.20 Å². The first-order valence-corrected chi connectivity index (χ1v) is 4.30. The molecule has 2 heterocycles. The van der Waals surface area contributed by atoms with Crippen LogP contribution in [0.3, 0.4) is 0 Å². The third-order valence-electron chi connectivity index (χ3n) is 2.22. The molecule has 0 aliphatic rings. The number of hydrogen-bond acceptors (Lipinski definition) is 1. The summed E-state index contributed by atoms with van der Waals surface area (Å²) in [5, 5.41) is 5.10. The van der Waals surface area contributed by atoms with Gasteiger partial charge in [0.1, 0.15) is 0 Å². The highest BCUT2D eigenvalue weighted by Gasteiger charge is 2.04. The van der Waals surface area contributed by atoms with Gasteiger partial charge in [-0.1, -0.05) is 6.07 Å². The summed E-state index contributed by atoms with van der Waals surface area (Å²) in [5.41, 5.74) is 1.95. The lowest BCUT2D eigenvalue weighted by molar-refractivity contribution is 1.02. The lowest BCUT2D eigenvalue weighted by Gasteiger charge is -1.92. The maximum absolute atomic E-state index is 5.87. The van der Waals surface area contributed by atoms with Crippen LogP contribution in [-0.2, 0) is 0 Å². The van der Waals surface area contributed by atoms with Crippen molar-refractivity contribution in [3.63, 3.8) is 0 Å². The molecule has 13 heavy (non-hydrogen) atoms. The van der Waals surface area contributed by atoms with Crippen molar-refractivity contribution in [2.45, 2.75) is 0 Å². The van der Waals surface area contributed by atoms with Crippen LogP contribution in [0, 0.1) is 0 Å². The number of H-pyrrole nitrogens is 1. The van der Waals surface area contributed by atoms with E-state index >= 15 is 0 Å². The van der Waals surface area contributed by atoms with Crippen molar-refractivity contribution in [2.24, 2.45) is 0 Å². The zero-order chi connectivity index (χ0) is 8.84. The molecule has 0 radical (unpaired) electrons. The van der Waals surface area contributed by atoms with Crippen LogP contribution in [0.1, 0.15) is 0 Å². The Kier molecular flexibility index (Phi) is 1.21. The van der Waals surface area contributed by atoms with Crippen LogP contribution in [0.4, 0.5) is 0 Å². The smallest absolute Gasteiger partial charge is 0.0870 e. The van der Waals surface area contributed by atoms with E-state index in [9.17, 15) is 0 Å². The summed E-state index contributed by atoms with van der Waals surface area (Å²) >= 11 is 5.87. The third-order valence-corrected chi connectivity index (χ3v) is 2.50. The molecular weight excluding hydrogens is 186 g/mol. The van der Waals surface area contributed by atoms with Gasteiger partial charge in [0.05, 0.1) is 11.0 Å². The van der Waals surface area contributed by atoms with Crippen molar-refractivity contribution in [3.8, 4) is 0 Å². The fourth-order valence-corrected chi connectivity index (χ4v) is 1.79. The monoisotopic (exact) mass is 191 g/mol. The molecule has 0 bridgehead atoms. The quantitative estimate of drug-likeness (QED) is 0.582. The molecule has 0 amide bonds. The van der Waals surface area contributed by atoms with Crippen molar-refractivity contribution in [1.82, 2.24) is 14.3 Å². The second kappa shape index (κ2) is 2.26. The van der Waals surface area contributed by atoms with Gasteiger partial charge in [-0.3, -0.25) is 10.1 Å². The number of fused-ring (bicyclic) bond motifs is 3. The molecule has 0 unspecified atom stereocenters. The van der Waals surface area contributed by atoms with Crippen LogP contribution in [0.25, 0.3) is 21.8 Å². The van der Waals surface area contributed by atoms with Crippen molar-refractivity contribution in [1.29, 1.82) is 0 Å². The summed E-state index contributed by atoms with van der Waals surface area (Å²) in [4.78, 5) is 4.27. The van der Waals surface area contributed by atoms with Gasteiger partial charge in [-0.2, -0.15) is 4.20 Å². The third kappa shape index (κ3) is 0.820. The first kappa shape index (κ1) is 6.97. The van der Waals surface area contributed by atoms with Gasteiger partial charge in [0, 0.05) is 34.9 Å². The zero-order valence-electron chi connectivity index (χ0n) is 6.66. The van der Waals surface area contributed by atoms with E-state index in [-0.39, 0.29) is 0 Å². The van der Waals surface area contributed by atoms with Crippen molar-refractivity contribution >= 4 is 33.6 Å². The van der Waals surface area contributed by atoms with Crippen molar-refractivity contribution in [3.05, 3.63) is 30.6 Å². The van der Waals surface area contributed by atoms with Gasteiger partial charge in [-0.15, -0.1) is 0 Å². The summed E-state index contributed by atoms with van der Waals surface area (Å²) in [6.45, 7) is 0. The number of nitrogens with one attached hydrogen (secondary N) is 1. The molecule has 3 aromatic rings. The standard InChI is InChI=1S/C9H6ClN3/c10-13-8-2-1-6-3-4-11-9(6)7(8)5-12-13/h1-5,12H. The summed E-state index contributed by atoms with van der Waals surface area (Å²) < 4.78 is 1.46. The van der Waals surface area contributed by atoms with Crippen molar-refractivity contribution in [2.75, 3.05) is 0 Å². The number of rotatable bonds is 0. The Bertz CT molecular complexity index is 579. The van der Waals surface area contributed by atoms with Gasteiger partial charge in [-0.05, 0) is 12.1 Å². The molecule has 0 aliphatic carbocycles.